The van der Waals surface area contributed by atoms with E-state index in [1.54, 1.807) is 0 Å². The van der Waals surface area contributed by atoms with Crippen LogP contribution in [0.5, 0.6) is 0 Å². The molecule has 0 heterocycles. The maximum atomic E-state index is 5.68. The third-order valence-electron chi connectivity index (χ3n) is 3.45. The van der Waals surface area contributed by atoms with Gasteiger partial charge < -0.3 is 4.43 Å². The van der Waals surface area contributed by atoms with Crippen LogP contribution in [-0.4, -0.2) is 10.5 Å². The van der Waals surface area contributed by atoms with Crippen LogP contribution in [0.15, 0.2) is 18.2 Å². The molecule has 0 aliphatic carbocycles. The topological polar surface area (TPSA) is 9.23 Å². The van der Waals surface area contributed by atoms with Crippen molar-refractivity contribution in [2.24, 2.45) is 0 Å². The lowest BCUT2D eigenvalue weighted by Gasteiger charge is -2.33. The Kier molecular flexibility index (Phi) is 4.45. The molecule has 1 atom stereocenters. The van der Waals surface area contributed by atoms with E-state index in [0.717, 1.165) is 10.5 Å². The summed E-state index contributed by atoms with van der Waals surface area (Å²) in [5.41, 5.74) is 4.57. The molecule has 0 aliphatic rings. The summed E-state index contributed by atoms with van der Waals surface area (Å²) in [6.07, 6.45) is 0.202. The van der Waals surface area contributed by atoms with Gasteiger partial charge in [-0.25, -0.2) is 0 Å². The third-order valence-corrected chi connectivity index (χ3v) is 4.15. The highest BCUT2D eigenvalue weighted by Gasteiger charge is 2.28. The third kappa shape index (κ3) is 3.24. The molecule has 18 heavy (non-hydrogen) atoms. The normalized spacial score (nSPS) is 14.8. The molecule has 0 bridgehead atoms. The molecule has 0 N–H and O–H groups in total. The lowest BCUT2D eigenvalue weighted by molar-refractivity contribution is 0.246. The number of hydrogen-bond acceptors (Lipinski definition) is 1. The first kappa shape index (κ1) is 15.5. The van der Waals surface area contributed by atoms with Crippen LogP contribution in [0, 0.1) is 0 Å². The summed E-state index contributed by atoms with van der Waals surface area (Å²) in [4.78, 5) is 0. The van der Waals surface area contributed by atoms with Gasteiger partial charge in [0.05, 0.1) is 6.10 Å². The molecule has 1 unspecified atom stereocenters. The van der Waals surface area contributed by atoms with Gasteiger partial charge in [0.2, 0.25) is 0 Å². The summed E-state index contributed by atoms with van der Waals surface area (Å²) in [6.45, 7) is 15.9. The quantitative estimate of drug-likeness (QED) is 0.741. The zero-order chi connectivity index (χ0) is 14.1. The maximum absolute atomic E-state index is 5.68. The zero-order valence-corrected chi connectivity index (χ0v) is 15.2. The van der Waals surface area contributed by atoms with Gasteiger partial charge >= 0.3 is 0 Å². The molecule has 2 heteroatoms. The minimum Gasteiger partial charge on any atom is -0.421 e. The monoisotopic (exact) mass is 264 g/mol. The Morgan fingerprint density at radius 1 is 1.00 bits per heavy atom. The second-order valence-corrected chi connectivity index (χ2v) is 7.62. The van der Waals surface area contributed by atoms with E-state index in [-0.39, 0.29) is 16.9 Å². The van der Waals surface area contributed by atoms with E-state index in [9.17, 15) is 0 Å². The molecule has 0 fully saturated rings. The molecule has 1 rings (SSSR count). The van der Waals surface area contributed by atoms with Crippen molar-refractivity contribution in [2.45, 2.75) is 65.4 Å². The van der Waals surface area contributed by atoms with Gasteiger partial charge in [-0.15, -0.1) is 0 Å². The summed E-state index contributed by atoms with van der Waals surface area (Å²) in [7, 11) is 0.780. The van der Waals surface area contributed by atoms with Crippen LogP contribution in [0.2, 0.25) is 0 Å². The predicted molar refractivity (Wildman–Crippen MR) is 83.3 cm³/mol. The Hall–Kier alpha value is -0.603. The van der Waals surface area contributed by atoms with Gasteiger partial charge in [0.15, 0.2) is 0 Å². The average molecular weight is 264 g/mol. The molecule has 1 nitrogen and oxygen atoms in total. The lowest BCUT2D eigenvalue weighted by Crippen LogP contribution is -2.24. The zero-order valence-electron chi connectivity index (χ0n) is 13.2. The van der Waals surface area contributed by atoms with Crippen molar-refractivity contribution >= 4 is 10.5 Å². The Morgan fingerprint density at radius 3 is 1.94 bits per heavy atom. The van der Waals surface area contributed by atoms with Crippen molar-refractivity contribution in [2.75, 3.05) is 0 Å². The highest BCUT2D eigenvalue weighted by Crippen LogP contribution is 2.38. The van der Waals surface area contributed by atoms with E-state index >= 15 is 0 Å². The molecule has 0 aliphatic heterocycles. The van der Waals surface area contributed by atoms with Crippen molar-refractivity contribution < 1.29 is 4.43 Å². The average Bonchev–Trinajstić information content (AvgIpc) is 2.24. The van der Waals surface area contributed by atoms with Crippen LogP contribution in [0.4, 0.5) is 0 Å². The fourth-order valence-corrected chi connectivity index (χ4v) is 2.75. The van der Waals surface area contributed by atoms with Gasteiger partial charge in [-0.05, 0) is 34.4 Å². The first-order valence-corrected chi connectivity index (χ1v) is 7.57. The highest BCUT2D eigenvalue weighted by molar-refractivity contribution is 5.98. The minimum atomic E-state index is 0.146. The molecular formula is C16H28OSi. The van der Waals surface area contributed by atoms with Gasteiger partial charge in [0.1, 0.15) is 10.5 Å². The Labute approximate surface area is 115 Å². The molecule has 0 spiro atoms. The van der Waals surface area contributed by atoms with E-state index in [0.29, 0.717) is 0 Å². The van der Waals surface area contributed by atoms with Gasteiger partial charge in [-0.2, -0.15) is 0 Å². The Balaban J connectivity index is 3.56. The fourth-order valence-electron chi connectivity index (χ4n) is 2.50. The molecule has 0 amide bonds. The maximum Gasteiger partial charge on any atom is 0.146 e. The van der Waals surface area contributed by atoms with Crippen LogP contribution >= 0.6 is 0 Å². The van der Waals surface area contributed by atoms with Crippen LogP contribution in [0.3, 0.4) is 0 Å². The van der Waals surface area contributed by atoms with Crippen molar-refractivity contribution in [1.82, 2.24) is 0 Å². The molecule has 1 aromatic carbocycles. The Bertz CT molecular complexity index is 410. The van der Waals surface area contributed by atoms with Crippen LogP contribution in [0.25, 0.3) is 0 Å². The molecule has 0 radical (unpaired) electrons. The summed E-state index contributed by atoms with van der Waals surface area (Å²) < 4.78 is 5.68. The second kappa shape index (κ2) is 5.18. The molecule has 0 aromatic heterocycles. The molecule has 102 valence electrons. The first-order valence-electron chi connectivity index (χ1n) is 6.75. The minimum absolute atomic E-state index is 0.146. The number of rotatable bonds is 2. The van der Waals surface area contributed by atoms with E-state index in [1.807, 2.05) is 0 Å². The van der Waals surface area contributed by atoms with E-state index in [4.69, 9.17) is 4.43 Å². The highest BCUT2D eigenvalue weighted by atomic mass is 28.2. The predicted octanol–water partition coefficient (Wildman–Crippen LogP) is 3.64. The van der Waals surface area contributed by atoms with E-state index < -0.39 is 0 Å². The largest absolute Gasteiger partial charge is 0.421 e. The smallest absolute Gasteiger partial charge is 0.146 e. The molecule has 1 aromatic rings. The van der Waals surface area contributed by atoms with Gasteiger partial charge in [0, 0.05) is 0 Å². The van der Waals surface area contributed by atoms with Gasteiger partial charge in [-0.3, -0.25) is 0 Å². The van der Waals surface area contributed by atoms with Crippen LogP contribution < -0.4 is 0 Å². The summed E-state index contributed by atoms with van der Waals surface area (Å²) in [6, 6.07) is 6.66. The summed E-state index contributed by atoms with van der Waals surface area (Å²) >= 11 is 0. The Morgan fingerprint density at radius 2 is 1.56 bits per heavy atom. The van der Waals surface area contributed by atoms with E-state index in [2.05, 4.69) is 66.7 Å². The van der Waals surface area contributed by atoms with E-state index in [1.165, 1.54) is 16.7 Å². The molecule has 0 saturated heterocycles. The van der Waals surface area contributed by atoms with Crippen LogP contribution in [-0.2, 0) is 15.3 Å². The van der Waals surface area contributed by atoms with Gasteiger partial charge in [-0.1, -0.05) is 59.7 Å². The fraction of sp³-hybridized carbons (Fsp3) is 0.625. The number of benzene rings is 1. The second-order valence-electron chi connectivity index (χ2n) is 7.15. The lowest BCUT2D eigenvalue weighted by atomic mass is 9.72. The SMILES string of the molecule is CC(O[SiH3])c1cccc(C(C)(C)C)c1C(C)(C)C. The number of hydrogen-bond donors (Lipinski definition) is 0. The molecule has 0 saturated carbocycles. The van der Waals surface area contributed by atoms with Crippen molar-refractivity contribution in [3.8, 4) is 0 Å². The van der Waals surface area contributed by atoms with Crippen LogP contribution in [0.1, 0.15) is 71.3 Å². The first-order chi connectivity index (χ1) is 8.09. The van der Waals surface area contributed by atoms with Crippen molar-refractivity contribution in [3.63, 3.8) is 0 Å². The summed E-state index contributed by atoms with van der Waals surface area (Å²) in [5, 5.41) is 0. The standard InChI is InChI=1S/C16H28OSi/c1-11(17-18)12-9-8-10-13(15(2,3)4)14(12)16(5,6)7/h8-11H,1-7,18H3. The van der Waals surface area contributed by atoms with Gasteiger partial charge in [0.25, 0.3) is 0 Å². The molecular weight excluding hydrogens is 236 g/mol. The van der Waals surface area contributed by atoms with Crippen molar-refractivity contribution in [3.05, 3.63) is 34.9 Å². The van der Waals surface area contributed by atoms with Crippen molar-refractivity contribution in [1.29, 1.82) is 0 Å². The summed E-state index contributed by atoms with van der Waals surface area (Å²) in [5.74, 6) is 0.